The Morgan fingerprint density at radius 1 is 0.771 bits per heavy atom. The molecule has 1 N–H and O–H groups in total. The average molecular weight is 460 g/mol. The number of hydrogen-bond donors (Lipinski definition) is 1. The van der Waals surface area contributed by atoms with Crippen molar-refractivity contribution in [2.24, 2.45) is 0 Å². The molecule has 170 valence electrons. The predicted molar refractivity (Wildman–Crippen MR) is 133 cm³/mol. The van der Waals surface area contributed by atoms with E-state index in [1.165, 1.54) is 0 Å². The smallest absolute Gasteiger partial charge is 0.299 e. The maximum atomic E-state index is 6.09. The van der Waals surface area contributed by atoms with E-state index in [4.69, 9.17) is 9.40 Å². The van der Waals surface area contributed by atoms with E-state index in [1.807, 2.05) is 60.7 Å². The first-order valence-corrected chi connectivity index (χ1v) is 11.3. The van der Waals surface area contributed by atoms with Crippen LogP contribution in [0.15, 0.2) is 102 Å². The van der Waals surface area contributed by atoms with E-state index in [0.717, 1.165) is 39.0 Å². The Balaban J connectivity index is 1.30. The molecule has 0 amide bonds. The van der Waals surface area contributed by atoms with E-state index in [0.29, 0.717) is 24.9 Å². The minimum atomic E-state index is 0.571. The molecular formula is C27H21N7O. The number of H-pyrrole nitrogens is 1. The van der Waals surface area contributed by atoms with Gasteiger partial charge >= 0.3 is 0 Å². The highest BCUT2D eigenvalue weighted by Crippen LogP contribution is 2.30. The molecule has 0 aliphatic rings. The van der Waals surface area contributed by atoms with Crippen LogP contribution in [0.5, 0.6) is 0 Å². The average Bonchev–Trinajstić information content (AvgIpc) is 3.60. The second-order valence-corrected chi connectivity index (χ2v) is 8.12. The summed E-state index contributed by atoms with van der Waals surface area (Å²) in [5.41, 5.74) is 6.72. The van der Waals surface area contributed by atoms with Crippen LogP contribution in [-0.4, -0.2) is 30.6 Å². The molecule has 0 radical (unpaired) electrons. The fourth-order valence-corrected chi connectivity index (χ4v) is 4.09. The Kier molecular flexibility index (Phi) is 5.44. The van der Waals surface area contributed by atoms with Crippen molar-refractivity contribution in [3.8, 4) is 22.5 Å². The van der Waals surface area contributed by atoms with E-state index >= 15 is 0 Å². The van der Waals surface area contributed by atoms with E-state index in [2.05, 4.69) is 60.8 Å². The van der Waals surface area contributed by atoms with Crippen molar-refractivity contribution in [1.82, 2.24) is 30.6 Å². The molecule has 0 bridgehead atoms. The minimum absolute atomic E-state index is 0.571. The second-order valence-electron chi connectivity index (χ2n) is 8.12. The van der Waals surface area contributed by atoms with Crippen LogP contribution < -0.4 is 4.90 Å². The number of aromatic amines is 1. The zero-order chi connectivity index (χ0) is 23.5. The first-order valence-electron chi connectivity index (χ1n) is 11.3. The van der Waals surface area contributed by atoms with Gasteiger partial charge in [0.25, 0.3) is 6.01 Å². The Labute approximate surface area is 201 Å². The summed E-state index contributed by atoms with van der Waals surface area (Å²) in [6.45, 7) is 1.20. The van der Waals surface area contributed by atoms with Gasteiger partial charge in [0.15, 0.2) is 5.58 Å². The van der Waals surface area contributed by atoms with Gasteiger partial charge in [-0.25, -0.2) is 0 Å². The Morgan fingerprint density at radius 2 is 1.57 bits per heavy atom. The third kappa shape index (κ3) is 4.37. The van der Waals surface area contributed by atoms with Gasteiger partial charge in [-0.3, -0.25) is 4.98 Å². The zero-order valence-electron chi connectivity index (χ0n) is 18.7. The van der Waals surface area contributed by atoms with Crippen molar-refractivity contribution in [2.45, 2.75) is 13.1 Å². The molecule has 3 heterocycles. The largest absolute Gasteiger partial charge is 0.423 e. The molecule has 35 heavy (non-hydrogen) atoms. The molecule has 6 rings (SSSR count). The number of pyridine rings is 1. The maximum Gasteiger partial charge on any atom is 0.299 e. The van der Waals surface area contributed by atoms with Gasteiger partial charge in [-0.05, 0) is 46.2 Å². The third-order valence-electron chi connectivity index (χ3n) is 5.78. The SMILES string of the molecule is c1ccc(CN(Cc2ccc(-c3ccccc3-c3nn[nH]n3)cc2)c2nc3ccccc3o2)nc1. The molecule has 0 atom stereocenters. The monoisotopic (exact) mass is 459 g/mol. The van der Waals surface area contributed by atoms with Crippen LogP contribution in [0.2, 0.25) is 0 Å². The molecule has 6 aromatic rings. The maximum absolute atomic E-state index is 6.09. The van der Waals surface area contributed by atoms with Crippen molar-refractivity contribution >= 4 is 17.1 Å². The van der Waals surface area contributed by atoms with Gasteiger partial charge in [-0.15, -0.1) is 10.2 Å². The Bertz CT molecular complexity index is 1510. The summed E-state index contributed by atoms with van der Waals surface area (Å²) in [7, 11) is 0. The lowest BCUT2D eigenvalue weighted by atomic mass is 9.98. The molecule has 8 nitrogen and oxygen atoms in total. The number of aromatic nitrogens is 6. The fourth-order valence-electron chi connectivity index (χ4n) is 4.09. The summed E-state index contributed by atoms with van der Waals surface area (Å²) >= 11 is 0. The van der Waals surface area contributed by atoms with Crippen molar-refractivity contribution in [1.29, 1.82) is 0 Å². The van der Waals surface area contributed by atoms with Crippen LogP contribution in [0, 0.1) is 0 Å². The van der Waals surface area contributed by atoms with Crippen molar-refractivity contribution in [2.75, 3.05) is 4.90 Å². The number of fused-ring (bicyclic) bond motifs is 1. The summed E-state index contributed by atoms with van der Waals surface area (Å²) in [5.74, 6) is 0.571. The van der Waals surface area contributed by atoms with Crippen LogP contribution in [-0.2, 0) is 13.1 Å². The highest BCUT2D eigenvalue weighted by Gasteiger charge is 2.17. The molecule has 0 unspecified atom stereocenters. The number of nitrogens with zero attached hydrogens (tertiary/aromatic N) is 6. The van der Waals surface area contributed by atoms with Crippen molar-refractivity contribution in [3.05, 3.63) is 108 Å². The molecule has 3 aromatic carbocycles. The number of oxazole rings is 1. The molecule has 0 aliphatic heterocycles. The Morgan fingerprint density at radius 3 is 2.34 bits per heavy atom. The number of rotatable bonds is 7. The van der Waals surface area contributed by atoms with Gasteiger partial charge in [0, 0.05) is 18.3 Å². The quantitative estimate of drug-likeness (QED) is 0.347. The number of anilines is 1. The zero-order valence-corrected chi connectivity index (χ0v) is 18.7. The topological polar surface area (TPSA) is 96.6 Å². The van der Waals surface area contributed by atoms with Gasteiger partial charge < -0.3 is 9.32 Å². The van der Waals surface area contributed by atoms with Crippen LogP contribution in [0.3, 0.4) is 0 Å². The third-order valence-corrected chi connectivity index (χ3v) is 5.78. The number of hydrogen-bond acceptors (Lipinski definition) is 7. The summed E-state index contributed by atoms with van der Waals surface area (Å²) in [6.07, 6.45) is 1.80. The first kappa shape index (κ1) is 20.7. The van der Waals surface area contributed by atoms with Gasteiger partial charge in [0.1, 0.15) is 5.52 Å². The van der Waals surface area contributed by atoms with E-state index < -0.39 is 0 Å². The standard InChI is InChI=1S/C27H21N7O/c1-2-9-23(26-30-32-33-31-26)22(8-1)20-14-12-19(13-15-20)17-34(18-21-7-5-6-16-28-21)27-29-24-10-3-4-11-25(24)35-27/h1-16H,17-18H2,(H,30,31,32,33). The predicted octanol–water partition coefficient (Wildman–Crippen LogP) is 5.28. The van der Waals surface area contributed by atoms with Crippen molar-refractivity contribution in [3.63, 3.8) is 0 Å². The summed E-state index contributed by atoms with van der Waals surface area (Å²) < 4.78 is 6.09. The molecular weight excluding hydrogens is 438 g/mol. The van der Waals surface area contributed by atoms with Crippen LogP contribution in [0.25, 0.3) is 33.6 Å². The summed E-state index contributed by atoms with van der Waals surface area (Å²) in [6, 6.07) is 30.8. The van der Waals surface area contributed by atoms with Crippen LogP contribution >= 0.6 is 0 Å². The highest BCUT2D eigenvalue weighted by atomic mass is 16.4. The van der Waals surface area contributed by atoms with Gasteiger partial charge in [-0.2, -0.15) is 10.2 Å². The molecule has 0 spiro atoms. The van der Waals surface area contributed by atoms with E-state index in [9.17, 15) is 0 Å². The number of tetrazole rings is 1. The number of para-hydroxylation sites is 2. The van der Waals surface area contributed by atoms with Gasteiger partial charge in [0.05, 0.1) is 12.2 Å². The molecule has 0 saturated heterocycles. The van der Waals surface area contributed by atoms with Gasteiger partial charge in [-0.1, -0.05) is 66.7 Å². The number of nitrogens with one attached hydrogen (secondary N) is 1. The lowest BCUT2D eigenvalue weighted by molar-refractivity contribution is 0.560. The van der Waals surface area contributed by atoms with Crippen LogP contribution in [0.4, 0.5) is 6.01 Å². The Hall–Kier alpha value is -4.85. The molecule has 0 fully saturated rings. The lowest BCUT2D eigenvalue weighted by Gasteiger charge is -2.20. The van der Waals surface area contributed by atoms with Crippen molar-refractivity contribution < 1.29 is 4.42 Å². The summed E-state index contributed by atoms with van der Waals surface area (Å²) in [4.78, 5) is 11.3. The molecule has 0 saturated carbocycles. The normalized spacial score (nSPS) is 11.1. The molecule has 0 aliphatic carbocycles. The highest BCUT2D eigenvalue weighted by molar-refractivity contribution is 5.80. The lowest BCUT2D eigenvalue weighted by Crippen LogP contribution is -2.23. The van der Waals surface area contributed by atoms with E-state index in [-0.39, 0.29) is 0 Å². The van der Waals surface area contributed by atoms with E-state index in [1.54, 1.807) is 6.20 Å². The molecule has 8 heteroatoms. The fraction of sp³-hybridized carbons (Fsp3) is 0.0741. The summed E-state index contributed by atoms with van der Waals surface area (Å²) in [5, 5.41) is 14.5. The minimum Gasteiger partial charge on any atom is -0.423 e. The van der Waals surface area contributed by atoms with Crippen LogP contribution in [0.1, 0.15) is 11.3 Å². The van der Waals surface area contributed by atoms with Gasteiger partial charge in [0.2, 0.25) is 5.82 Å². The first-order chi connectivity index (χ1) is 17.3. The number of benzene rings is 3. The molecule has 3 aromatic heterocycles. The second kappa shape index (κ2) is 9.18.